The van der Waals surface area contributed by atoms with Crippen LogP contribution in [0, 0.1) is 11.6 Å². The van der Waals surface area contributed by atoms with Gasteiger partial charge in [-0.15, -0.1) is 0 Å². The molecule has 1 aromatic heterocycles. The monoisotopic (exact) mass is 657 g/mol. The number of fused-ring (bicyclic) bond motifs is 1. The first-order valence-corrected chi connectivity index (χ1v) is 16.1. The summed E-state index contributed by atoms with van der Waals surface area (Å²) in [4.78, 5) is 18.2. The van der Waals surface area contributed by atoms with E-state index < -0.39 is 5.54 Å². The van der Waals surface area contributed by atoms with E-state index in [9.17, 15) is 13.6 Å². The van der Waals surface area contributed by atoms with Crippen molar-refractivity contribution in [1.82, 2.24) is 15.0 Å². The van der Waals surface area contributed by atoms with E-state index >= 15 is 0 Å². The number of nitrogens with zero attached hydrogens (tertiary/aromatic N) is 3. The molecule has 6 aromatic carbocycles. The van der Waals surface area contributed by atoms with Crippen LogP contribution in [0.5, 0.6) is 0 Å². The van der Waals surface area contributed by atoms with Gasteiger partial charge in [0.1, 0.15) is 22.7 Å². The summed E-state index contributed by atoms with van der Waals surface area (Å²) in [5.41, 5.74) is 4.99. The highest BCUT2D eigenvalue weighted by Gasteiger charge is 2.42. The van der Waals surface area contributed by atoms with Crippen molar-refractivity contribution < 1.29 is 18.1 Å². The van der Waals surface area contributed by atoms with E-state index in [1.165, 1.54) is 24.3 Å². The number of hydrogen-bond donors (Lipinski definition) is 0. The molecule has 2 heterocycles. The highest BCUT2D eigenvalue weighted by molar-refractivity contribution is 6.04. The number of benzene rings is 6. The van der Waals surface area contributed by atoms with Crippen LogP contribution in [0.25, 0.3) is 27.9 Å². The Morgan fingerprint density at radius 3 is 1.66 bits per heavy atom. The largest absolute Gasteiger partial charge is 0.355 e. The molecule has 8 rings (SSSR count). The van der Waals surface area contributed by atoms with E-state index in [0.29, 0.717) is 39.1 Å². The van der Waals surface area contributed by atoms with Gasteiger partial charge in [0.25, 0.3) is 5.91 Å². The van der Waals surface area contributed by atoms with Gasteiger partial charge >= 0.3 is 0 Å². The van der Waals surface area contributed by atoms with Gasteiger partial charge in [0, 0.05) is 35.3 Å². The smallest absolute Gasteiger partial charge is 0.262 e. The van der Waals surface area contributed by atoms with E-state index in [2.05, 4.69) is 46.5 Å². The number of carbonyl (C=O) groups excluding carboxylic acids is 1. The summed E-state index contributed by atoms with van der Waals surface area (Å²) in [6.07, 6.45) is 5.60. The number of halogens is 2. The lowest BCUT2D eigenvalue weighted by molar-refractivity contribution is 0.0872. The fraction of sp³-hybridized carbons (Fsp3) is 0.0233. The Bertz CT molecular complexity index is 2260. The third-order valence-corrected chi connectivity index (χ3v) is 9.05. The Morgan fingerprint density at radius 2 is 1.12 bits per heavy atom. The van der Waals surface area contributed by atoms with Gasteiger partial charge < -0.3 is 9.42 Å². The summed E-state index contributed by atoms with van der Waals surface area (Å²) < 4.78 is 33.6. The fourth-order valence-corrected chi connectivity index (χ4v) is 6.68. The van der Waals surface area contributed by atoms with Gasteiger partial charge in [-0.1, -0.05) is 96.2 Å². The molecule has 1 aliphatic rings. The SMILES string of the molecule is O=C(c1ccc2noc(-c3ccc(F)cc3)c2c1)N1C=CN(C(c2ccccc2)(c2ccccc2)c2ccccc2)C=C1c1ccc(F)cc1. The second kappa shape index (κ2) is 12.8. The Balaban J connectivity index is 1.29. The molecular weight excluding hydrogens is 628 g/mol. The molecule has 7 heteroatoms. The second-order valence-electron chi connectivity index (χ2n) is 12.0. The summed E-state index contributed by atoms with van der Waals surface area (Å²) in [6.45, 7) is 0. The van der Waals surface area contributed by atoms with Crippen molar-refractivity contribution in [2.75, 3.05) is 0 Å². The van der Waals surface area contributed by atoms with Gasteiger partial charge in [-0.2, -0.15) is 0 Å². The van der Waals surface area contributed by atoms with Crippen LogP contribution in [0.1, 0.15) is 32.6 Å². The van der Waals surface area contributed by atoms with E-state index in [1.54, 1.807) is 53.6 Å². The zero-order valence-corrected chi connectivity index (χ0v) is 26.7. The van der Waals surface area contributed by atoms with Crippen LogP contribution >= 0.6 is 0 Å². The third kappa shape index (κ3) is 5.35. The predicted octanol–water partition coefficient (Wildman–Crippen LogP) is 9.99. The molecular formula is C43H29F2N3O2. The molecule has 5 nitrogen and oxygen atoms in total. The molecule has 1 amide bonds. The number of carbonyl (C=O) groups is 1. The molecule has 0 atom stereocenters. The summed E-state index contributed by atoms with van der Waals surface area (Å²) >= 11 is 0. The number of hydrogen-bond acceptors (Lipinski definition) is 4. The van der Waals surface area contributed by atoms with E-state index in [4.69, 9.17) is 4.52 Å². The molecule has 0 radical (unpaired) electrons. The summed E-state index contributed by atoms with van der Waals surface area (Å²) in [5.74, 6) is -0.624. The van der Waals surface area contributed by atoms with Crippen molar-refractivity contribution in [2.24, 2.45) is 0 Å². The third-order valence-electron chi connectivity index (χ3n) is 9.05. The molecule has 0 fully saturated rings. The predicted molar refractivity (Wildman–Crippen MR) is 190 cm³/mol. The molecule has 50 heavy (non-hydrogen) atoms. The van der Waals surface area contributed by atoms with Gasteiger partial charge in [-0.05, 0) is 83.4 Å². The first kappa shape index (κ1) is 30.7. The fourth-order valence-electron chi connectivity index (χ4n) is 6.68. The Labute approximate surface area is 287 Å². The van der Waals surface area contributed by atoms with Crippen LogP contribution in [-0.4, -0.2) is 20.9 Å². The maximum Gasteiger partial charge on any atom is 0.262 e. The Kier molecular flexibility index (Phi) is 7.85. The van der Waals surface area contributed by atoms with Gasteiger partial charge in [0.05, 0.1) is 11.1 Å². The minimum atomic E-state index is -0.841. The Hall–Kier alpha value is -6.60. The van der Waals surface area contributed by atoms with Gasteiger partial charge in [0.15, 0.2) is 5.76 Å². The van der Waals surface area contributed by atoms with E-state index in [-0.39, 0.29) is 17.5 Å². The van der Waals surface area contributed by atoms with Crippen LogP contribution in [0.3, 0.4) is 0 Å². The van der Waals surface area contributed by atoms with Gasteiger partial charge in [-0.3, -0.25) is 9.69 Å². The van der Waals surface area contributed by atoms with Crippen LogP contribution in [0.4, 0.5) is 8.78 Å². The first-order valence-electron chi connectivity index (χ1n) is 16.1. The molecule has 242 valence electrons. The molecule has 0 N–H and O–H groups in total. The van der Waals surface area contributed by atoms with Gasteiger partial charge in [0.2, 0.25) is 0 Å². The van der Waals surface area contributed by atoms with Crippen LogP contribution in [-0.2, 0) is 5.54 Å². The molecule has 0 saturated heterocycles. The first-order chi connectivity index (χ1) is 24.5. The maximum atomic E-state index is 14.5. The zero-order valence-electron chi connectivity index (χ0n) is 26.7. The summed E-state index contributed by atoms with van der Waals surface area (Å²) in [5, 5.41) is 4.78. The van der Waals surface area contributed by atoms with Crippen LogP contribution < -0.4 is 0 Å². The molecule has 0 unspecified atom stereocenters. The van der Waals surface area contributed by atoms with Crippen molar-refractivity contribution in [3.05, 3.63) is 216 Å². The lowest BCUT2D eigenvalue weighted by atomic mass is 9.75. The zero-order chi connectivity index (χ0) is 34.1. The molecule has 7 aromatic rings. The second-order valence-corrected chi connectivity index (χ2v) is 12.0. The lowest BCUT2D eigenvalue weighted by Crippen LogP contribution is -2.44. The lowest BCUT2D eigenvalue weighted by Gasteiger charge is -2.45. The highest BCUT2D eigenvalue weighted by Crippen LogP contribution is 2.45. The maximum absolute atomic E-state index is 14.5. The van der Waals surface area contributed by atoms with Crippen molar-refractivity contribution >= 4 is 22.5 Å². The summed E-state index contributed by atoms with van der Waals surface area (Å²) in [6, 6.07) is 47.9. The minimum Gasteiger partial charge on any atom is -0.355 e. The van der Waals surface area contributed by atoms with Crippen LogP contribution in [0.2, 0.25) is 0 Å². The number of aromatic nitrogens is 1. The highest BCUT2D eigenvalue weighted by atomic mass is 19.1. The van der Waals surface area contributed by atoms with E-state index in [1.807, 2.05) is 67.0 Å². The molecule has 0 bridgehead atoms. The molecule has 0 aliphatic carbocycles. The average Bonchev–Trinajstić information content (AvgIpc) is 3.60. The van der Waals surface area contributed by atoms with E-state index in [0.717, 1.165) is 16.7 Å². The summed E-state index contributed by atoms with van der Waals surface area (Å²) in [7, 11) is 0. The quantitative estimate of drug-likeness (QED) is 0.160. The number of rotatable bonds is 7. The van der Waals surface area contributed by atoms with Crippen molar-refractivity contribution in [3.8, 4) is 11.3 Å². The minimum absolute atomic E-state index is 0.311. The van der Waals surface area contributed by atoms with Crippen molar-refractivity contribution in [2.45, 2.75) is 5.54 Å². The standard InChI is InChI=1S/C43H29F2N3O2/c44-36-21-16-30(17-22-36)40-29-47(43(33-10-4-1-5-11-33,34-12-6-2-7-13-34)35-14-8-3-9-15-35)26-27-48(40)42(49)32-20-25-39-38(28-32)41(50-46-39)31-18-23-37(45)24-19-31/h1-29H. The normalized spacial score (nSPS) is 13.0. The van der Waals surface area contributed by atoms with Crippen LogP contribution in [0.15, 0.2) is 181 Å². The van der Waals surface area contributed by atoms with Crippen molar-refractivity contribution in [3.63, 3.8) is 0 Å². The topological polar surface area (TPSA) is 49.6 Å². The Morgan fingerprint density at radius 1 is 0.600 bits per heavy atom. The average molecular weight is 658 g/mol. The van der Waals surface area contributed by atoms with Crippen molar-refractivity contribution in [1.29, 1.82) is 0 Å². The number of amides is 1. The molecule has 0 spiro atoms. The van der Waals surface area contributed by atoms with Gasteiger partial charge in [-0.25, -0.2) is 8.78 Å². The molecule has 1 aliphatic heterocycles. The molecule has 0 saturated carbocycles.